The molecule has 6 heteroatoms. The molecule has 0 radical (unpaired) electrons. The molecule has 1 unspecified atom stereocenters. The molecule has 2 N–H and O–H groups in total. The van der Waals surface area contributed by atoms with Gasteiger partial charge in [0.25, 0.3) is 0 Å². The molecule has 2 rings (SSSR count). The summed E-state index contributed by atoms with van der Waals surface area (Å²) in [4.78, 5) is 11.7. The minimum Gasteiger partial charge on any atom is -0.378 e. The van der Waals surface area contributed by atoms with Crippen LogP contribution in [-0.4, -0.2) is 31.7 Å². The largest absolute Gasteiger partial charge is 0.378 e. The predicted molar refractivity (Wildman–Crippen MR) is 70.0 cm³/mol. The molecule has 1 fully saturated rings. The Morgan fingerprint density at radius 2 is 2.44 bits per heavy atom. The van der Waals surface area contributed by atoms with E-state index in [9.17, 15) is 9.18 Å². The van der Waals surface area contributed by atoms with Gasteiger partial charge < -0.3 is 15.4 Å². The smallest absolute Gasteiger partial charge is 0.226 e. The summed E-state index contributed by atoms with van der Waals surface area (Å²) in [7, 11) is 0. The van der Waals surface area contributed by atoms with E-state index in [0.717, 1.165) is 6.54 Å². The highest BCUT2D eigenvalue weighted by Gasteiger charge is 2.17. The Bertz CT molecular complexity index is 436. The first-order chi connectivity index (χ1) is 8.65. The van der Waals surface area contributed by atoms with E-state index in [1.165, 1.54) is 6.07 Å². The number of nitrogens with one attached hydrogen (secondary N) is 2. The zero-order valence-electron chi connectivity index (χ0n) is 9.71. The zero-order chi connectivity index (χ0) is 13.0. The number of carbonyl (C=O) groups is 1. The molecule has 1 aromatic carbocycles. The van der Waals surface area contributed by atoms with Gasteiger partial charge in [-0.05, 0) is 34.1 Å². The molecule has 1 aromatic rings. The van der Waals surface area contributed by atoms with Gasteiger partial charge in [0.2, 0.25) is 5.91 Å². The van der Waals surface area contributed by atoms with Gasteiger partial charge in [0.05, 0.1) is 17.7 Å². The van der Waals surface area contributed by atoms with Gasteiger partial charge in [0, 0.05) is 24.7 Å². The Kier molecular flexibility index (Phi) is 4.68. The van der Waals surface area contributed by atoms with Crippen LogP contribution in [0.4, 0.5) is 10.1 Å². The normalized spacial score (nSPS) is 19.6. The Morgan fingerprint density at radius 1 is 1.61 bits per heavy atom. The van der Waals surface area contributed by atoms with Crippen molar-refractivity contribution in [3.8, 4) is 0 Å². The van der Waals surface area contributed by atoms with Crippen molar-refractivity contribution in [3.05, 3.63) is 28.5 Å². The fourth-order valence-electron chi connectivity index (χ4n) is 1.76. The van der Waals surface area contributed by atoms with E-state index >= 15 is 0 Å². The fourth-order valence-corrected chi connectivity index (χ4v) is 2.01. The van der Waals surface area contributed by atoms with E-state index < -0.39 is 5.82 Å². The third-order valence-electron chi connectivity index (χ3n) is 2.63. The van der Waals surface area contributed by atoms with Crippen molar-refractivity contribution in [1.29, 1.82) is 0 Å². The van der Waals surface area contributed by atoms with E-state index in [1.807, 2.05) is 0 Å². The van der Waals surface area contributed by atoms with Crippen molar-refractivity contribution in [2.45, 2.75) is 12.5 Å². The maximum absolute atomic E-state index is 13.3. The average molecular weight is 317 g/mol. The summed E-state index contributed by atoms with van der Waals surface area (Å²) in [5.74, 6) is -0.549. The lowest BCUT2D eigenvalue weighted by atomic mass is 10.2. The molecule has 1 amide bonds. The first kappa shape index (κ1) is 13.5. The van der Waals surface area contributed by atoms with Crippen LogP contribution in [0.2, 0.25) is 0 Å². The topological polar surface area (TPSA) is 50.4 Å². The van der Waals surface area contributed by atoms with Crippen LogP contribution in [0.1, 0.15) is 6.42 Å². The average Bonchev–Trinajstić information content (AvgIpc) is 2.35. The monoisotopic (exact) mass is 316 g/mol. The molecule has 0 saturated carbocycles. The number of carbonyl (C=O) groups excluding carboxylic acids is 1. The summed E-state index contributed by atoms with van der Waals surface area (Å²) < 4.78 is 18.9. The van der Waals surface area contributed by atoms with Crippen LogP contribution in [0.5, 0.6) is 0 Å². The second kappa shape index (κ2) is 6.26. The molecule has 0 aliphatic carbocycles. The van der Waals surface area contributed by atoms with Gasteiger partial charge in [-0.15, -0.1) is 0 Å². The van der Waals surface area contributed by atoms with E-state index in [4.69, 9.17) is 4.74 Å². The van der Waals surface area contributed by atoms with E-state index in [1.54, 1.807) is 12.1 Å². The molecular weight excluding hydrogens is 303 g/mol. The van der Waals surface area contributed by atoms with Crippen molar-refractivity contribution < 1.29 is 13.9 Å². The molecule has 0 aromatic heterocycles. The fraction of sp³-hybridized carbons (Fsp3) is 0.417. The van der Waals surface area contributed by atoms with Crippen LogP contribution in [0.25, 0.3) is 0 Å². The van der Waals surface area contributed by atoms with Crippen LogP contribution in [0, 0.1) is 5.82 Å². The molecule has 1 aliphatic heterocycles. The van der Waals surface area contributed by atoms with Crippen molar-refractivity contribution in [3.63, 3.8) is 0 Å². The highest BCUT2D eigenvalue weighted by molar-refractivity contribution is 9.10. The number of ether oxygens (including phenoxy) is 1. The van der Waals surface area contributed by atoms with E-state index in [-0.39, 0.29) is 11.9 Å². The standard InChI is InChI=1S/C12H14BrFN2O2/c13-10-2-1-8(5-11(10)14)16-12(17)6-9-7-18-4-3-15-9/h1-2,5,9,15H,3-4,6-7H2,(H,16,17). The Morgan fingerprint density at radius 3 is 3.11 bits per heavy atom. The number of hydrogen-bond acceptors (Lipinski definition) is 3. The number of amides is 1. The molecule has 1 aliphatic rings. The number of benzene rings is 1. The minimum absolute atomic E-state index is 0.0269. The molecular formula is C12H14BrFN2O2. The van der Waals surface area contributed by atoms with Gasteiger partial charge in [0.15, 0.2) is 0 Å². The summed E-state index contributed by atoms with van der Waals surface area (Å²) in [6, 6.07) is 4.52. The first-order valence-corrected chi connectivity index (χ1v) is 6.50. The lowest BCUT2D eigenvalue weighted by molar-refractivity contribution is -0.117. The number of morpholine rings is 1. The quantitative estimate of drug-likeness (QED) is 0.895. The summed E-state index contributed by atoms with van der Waals surface area (Å²) in [5.41, 5.74) is 0.456. The highest BCUT2D eigenvalue weighted by atomic mass is 79.9. The van der Waals surface area contributed by atoms with Gasteiger partial charge in [-0.2, -0.15) is 0 Å². The van der Waals surface area contributed by atoms with Gasteiger partial charge >= 0.3 is 0 Å². The lowest BCUT2D eigenvalue weighted by Crippen LogP contribution is -2.43. The molecule has 1 saturated heterocycles. The van der Waals surface area contributed by atoms with E-state index in [2.05, 4.69) is 26.6 Å². The second-order valence-electron chi connectivity index (χ2n) is 4.11. The third kappa shape index (κ3) is 3.76. The van der Waals surface area contributed by atoms with Gasteiger partial charge in [-0.3, -0.25) is 4.79 Å². The minimum atomic E-state index is -0.396. The molecule has 98 valence electrons. The van der Waals surface area contributed by atoms with E-state index in [0.29, 0.717) is 29.8 Å². The maximum Gasteiger partial charge on any atom is 0.226 e. The van der Waals surface area contributed by atoms with Crippen LogP contribution >= 0.6 is 15.9 Å². The van der Waals surface area contributed by atoms with Crippen LogP contribution < -0.4 is 10.6 Å². The molecule has 4 nitrogen and oxygen atoms in total. The molecule has 1 heterocycles. The first-order valence-electron chi connectivity index (χ1n) is 5.71. The SMILES string of the molecule is O=C(CC1COCCN1)Nc1ccc(Br)c(F)c1. The number of halogens is 2. The van der Waals surface area contributed by atoms with Crippen molar-refractivity contribution in [1.82, 2.24) is 5.32 Å². The number of hydrogen-bond donors (Lipinski definition) is 2. The van der Waals surface area contributed by atoms with Crippen LogP contribution in [-0.2, 0) is 9.53 Å². The van der Waals surface area contributed by atoms with Crippen molar-refractivity contribution in [2.24, 2.45) is 0 Å². The molecule has 1 atom stereocenters. The molecule has 0 bridgehead atoms. The second-order valence-corrected chi connectivity index (χ2v) is 4.96. The van der Waals surface area contributed by atoms with Crippen LogP contribution in [0.15, 0.2) is 22.7 Å². The maximum atomic E-state index is 13.3. The Hall–Kier alpha value is -0.980. The zero-order valence-corrected chi connectivity index (χ0v) is 11.3. The predicted octanol–water partition coefficient (Wildman–Crippen LogP) is 1.91. The lowest BCUT2D eigenvalue weighted by Gasteiger charge is -2.23. The van der Waals surface area contributed by atoms with Gasteiger partial charge in [-0.25, -0.2) is 4.39 Å². The third-order valence-corrected chi connectivity index (χ3v) is 3.28. The molecule has 18 heavy (non-hydrogen) atoms. The summed E-state index contributed by atoms with van der Waals surface area (Å²) in [6.45, 7) is 1.96. The highest BCUT2D eigenvalue weighted by Crippen LogP contribution is 2.19. The number of anilines is 1. The summed E-state index contributed by atoms with van der Waals surface area (Å²) in [5, 5.41) is 5.85. The molecule has 0 spiro atoms. The van der Waals surface area contributed by atoms with Crippen LogP contribution in [0.3, 0.4) is 0 Å². The summed E-state index contributed by atoms with van der Waals surface area (Å²) >= 11 is 3.06. The Labute approximate surface area is 113 Å². The van der Waals surface area contributed by atoms with Gasteiger partial charge in [-0.1, -0.05) is 0 Å². The summed E-state index contributed by atoms with van der Waals surface area (Å²) in [6.07, 6.45) is 0.317. The van der Waals surface area contributed by atoms with Gasteiger partial charge in [0.1, 0.15) is 5.82 Å². The Balaban J connectivity index is 1.88. The number of rotatable bonds is 3. The van der Waals surface area contributed by atoms with Crippen molar-refractivity contribution >= 4 is 27.5 Å². The van der Waals surface area contributed by atoms with Crippen molar-refractivity contribution in [2.75, 3.05) is 25.1 Å².